The van der Waals surface area contributed by atoms with Crippen LogP contribution in [0.25, 0.3) is 0 Å². The van der Waals surface area contributed by atoms with Crippen molar-refractivity contribution in [2.24, 2.45) is 28.6 Å². The van der Waals surface area contributed by atoms with Gasteiger partial charge in [-0.05, 0) is 55.4 Å². The van der Waals surface area contributed by atoms with Crippen LogP contribution in [0.4, 0.5) is 0 Å². The summed E-state index contributed by atoms with van der Waals surface area (Å²) in [5.41, 5.74) is 2.03. The van der Waals surface area contributed by atoms with E-state index in [1.54, 1.807) is 7.11 Å². The summed E-state index contributed by atoms with van der Waals surface area (Å²) in [6.45, 7) is 8.86. The predicted molar refractivity (Wildman–Crippen MR) is 92.2 cm³/mol. The molecular weight excluding hydrogens is 300 g/mol. The maximum atomic E-state index is 12.5. The summed E-state index contributed by atoms with van der Waals surface area (Å²) < 4.78 is 5.53. The predicted octanol–water partition coefficient (Wildman–Crippen LogP) is 4.23. The molecule has 0 aromatic rings. The molecule has 3 heteroatoms. The third kappa shape index (κ3) is 1.84. The van der Waals surface area contributed by atoms with Crippen LogP contribution in [-0.4, -0.2) is 18.7 Å². The molecule has 5 atom stereocenters. The molecular formula is C21H28O3. The van der Waals surface area contributed by atoms with Gasteiger partial charge in [-0.25, -0.2) is 0 Å². The van der Waals surface area contributed by atoms with Crippen LogP contribution in [0.3, 0.4) is 0 Å². The van der Waals surface area contributed by atoms with Gasteiger partial charge in [0.1, 0.15) is 5.78 Å². The molecule has 0 N–H and O–H groups in total. The van der Waals surface area contributed by atoms with E-state index in [0.29, 0.717) is 35.7 Å². The van der Waals surface area contributed by atoms with Crippen molar-refractivity contribution in [1.82, 2.24) is 0 Å². The number of Topliss-reactive ketones (excluding diaryl/α,β-unsaturated/α-hetero) is 2. The Morgan fingerprint density at radius 2 is 1.75 bits per heavy atom. The van der Waals surface area contributed by atoms with Gasteiger partial charge >= 0.3 is 0 Å². The van der Waals surface area contributed by atoms with Gasteiger partial charge in [-0.1, -0.05) is 20.4 Å². The molecule has 0 aliphatic heterocycles. The first-order valence-electron chi connectivity index (χ1n) is 9.36. The summed E-state index contributed by atoms with van der Waals surface area (Å²) in [7, 11) is 1.61. The van der Waals surface area contributed by atoms with Crippen LogP contribution in [0.2, 0.25) is 0 Å². The minimum atomic E-state index is -0.117. The standard InChI is InChI=1S/C21H28O3/c1-12-11-13-14-5-6-17(23)20(14,2)9-7-15(13)21(3)10-8-16(22)19(24-4)18(12)21/h13-15H,1,5-11H2,2-4H3/t13-,14-,15+,20-,21+/m0/s1. The number of ketones is 2. The molecule has 0 radical (unpaired) electrons. The van der Waals surface area contributed by atoms with Gasteiger partial charge in [0.05, 0.1) is 7.11 Å². The normalized spacial score (nSPS) is 45.0. The van der Waals surface area contributed by atoms with Gasteiger partial charge in [-0.3, -0.25) is 9.59 Å². The topological polar surface area (TPSA) is 43.4 Å². The molecule has 4 aliphatic carbocycles. The minimum absolute atomic E-state index is 0.0216. The molecule has 3 fully saturated rings. The fourth-order valence-corrected chi connectivity index (χ4v) is 6.68. The van der Waals surface area contributed by atoms with E-state index < -0.39 is 0 Å². The molecule has 4 aliphatic rings. The van der Waals surface area contributed by atoms with E-state index in [1.807, 2.05) is 0 Å². The molecule has 130 valence electrons. The average Bonchev–Trinajstić information content (AvgIpc) is 2.84. The molecule has 0 amide bonds. The number of rotatable bonds is 1. The summed E-state index contributed by atoms with van der Waals surface area (Å²) in [6, 6.07) is 0. The van der Waals surface area contributed by atoms with Gasteiger partial charge in [0.15, 0.2) is 11.5 Å². The number of hydrogen-bond donors (Lipinski definition) is 0. The highest BCUT2D eigenvalue weighted by molar-refractivity contribution is 5.96. The number of allylic oxidation sites excluding steroid dienone is 2. The zero-order valence-electron chi connectivity index (χ0n) is 15.1. The lowest BCUT2D eigenvalue weighted by atomic mass is 9.46. The van der Waals surface area contributed by atoms with Crippen LogP contribution in [-0.2, 0) is 14.3 Å². The Morgan fingerprint density at radius 3 is 2.46 bits per heavy atom. The van der Waals surface area contributed by atoms with Crippen molar-refractivity contribution in [2.45, 2.75) is 58.8 Å². The van der Waals surface area contributed by atoms with Crippen LogP contribution in [0, 0.1) is 28.6 Å². The van der Waals surface area contributed by atoms with E-state index in [4.69, 9.17) is 4.74 Å². The number of methoxy groups -OCH3 is 1. The van der Waals surface area contributed by atoms with E-state index in [2.05, 4.69) is 20.4 Å². The summed E-state index contributed by atoms with van der Waals surface area (Å²) in [6.07, 6.45) is 6.26. The highest BCUT2D eigenvalue weighted by Crippen LogP contribution is 2.65. The van der Waals surface area contributed by atoms with Gasteiger partial charge in [-0.2, -0.15) is 0 Å². The Balaban J connectivity index is 1.80. The first-order valence-corrected chi connectivity index (χ1v) is 9.36. The third-order valence-electron chi connectivity index (χ3n) is 7.93. The Morgan fingerprint density at radius 1 is 1.04 bits per heavy atom. The van der Waals surface area contributed by atoms with E-state index in [-0.39, 0.29) is 16.6 Å². The zero-order chi connectivity index (χ0) is 17.3. The van der Waals surface area contributed by atoms with Crippen LogP contribution < -0.4 is 0 Å². The molecule has 3 saturated carbocycles. The van der Waals surface area contributed by atoms with Crippen molar-refractivity contribution in [3.8, 4) is 0 Å². The molecule has 4 rings (SSSR count). The monoisotopic (exact) mass is 328 g/mol. The molecule has 0 bridgehead atoms. The van der Waals surface area contributed by atoms with Gasteiger partial charge in [0, 0.05) is 29.2 Å². The minimum Gasteiger partial charge on any atom is -0.493 e. The first kappa shape index (κ1) is 16.1. The molecule has 3 nitrogen and oxygen atoms in total. The van der Waals surface area contributed by atoms with Crippen LogP contribution in [0.15, 0.2) is 23.5 Å². The van der Waals surface area contributed by atoms with Crippen LogP contribution in [0.5, 0.6) is 0 Å². The van der Waals surface area contributed by atoms with Crippen LogP contribution >= 0.6 is 0 Å². The molecule has 0 heterocycles. The summed E-state index contributed by atoms with van der Waals surface area (Å²) >= 11 is 0. The van der Waals surface area contributed by atoms with Crippen molar-refractivity contribution in [3.05, 3.63) is 23.5 Å². The largest absolute Gasteiger partial charge is 0.493 e. The van der Waals surface area contributed by atoms with Gasteiger partial charge < -0.3 is 4.74 Å². The molecule has 0 spiro atoms. The highest BCUT2D eigenvalue weighted by atomic mass is 16.5. The lowest BCUT2D eigenvalue weighted by molar-refractivity contribution is -0.132. The summed E-state index contributed by atoms with van der Waals surface area (Å²) in [5.74, 6) is 2.72. The molecule has 0 aromatic carbocycles. The van der Waals surface area contributed by atoms with E-state index in [1.165, 1.54) is 0 Å². The molecule has 0 aromatic heterocycles. The van der Waals surface area contributed by atoms with Gasteiger partial charge in [0.2, 0.25) is 0 Å². The second-order valence-corrected chi connectivity index (χ2v) is 8.85. The Labute approximate surface area is 144 Å². The zero-order valence-corrected chi connectivity index (χ0v) is 15.1. The highest BCUT2D eigenvalue weighted by Gasteiger charge is 2.60. The Hall–Kier alpha value is -1.38. The quantitative estimate of drug-likeness (QED) is 0.723. The van der Waals surface area contributed by atoms with Crippen molar-refractivity contribution in [2.75, 3.05) is 7.11 Å². The Bertz CT molecular complexity index is 673. The summed E-state index contributed by atoms with van der Waals surface area (Å²) in [4.78, 5) is 24.8. The first-order chi connectivity index (χ1) is 11.3. The number of carbonyl (C=O) groups excluding carboxylic acids is 2. The van der Waals surface area contributed by atoms with Gasteiger partial charge in [0.25, 0.3) is 0 Å². The molecule has 24 heavy (non-hydrogen) atoms. The molecule has 0 unspecified atom stereocenters. The van der Waals surface area contributed by atoms with Crippen molar-refractivity contribution in [1.29, 1.82) is 0 Å². The average molecular weight is 328 g/mol. The van der Waals surface area contributed by atoms with E-state index >= 15 is 0 Å². The van der Waals surface area contributed by atoms with Crippen LogP contribution in [0.1, 0.15) is 58.8 Å². The third-order valence-corrected chi connectivity index (χ3v) is 7.93. The number of fused-ring (bicyclic) bond motifs is 5. The Kier molecular flexibility index (Phi) is 3.40. The molecule has 0 saturated heterocycles. The lowest BCUT2D eigenvalue weighted by Crippen LogP contribution is -2.51. The fraction of sp³-hybridized carbons (Fsp3) is 0.714. The number of carbonyl (C=O) groups is 2. The maximum Gasteiger partial charge on any atom is 0.197 e. The smallest absolute Gasteiger partial charge is 0.197 e. The van der Waals surface area contributed by atoms with Crippen molar-refractivity contribution >= 4 is 11.6 Å². The number of ether oxygens (including phenoxy) is 1. The summed E-state index contributed by atoms with van der Waals surface area (Å²) in [5, 5.41) is 0. The van der Waals surface area contributed by atoms with Crippen molar-refractivity contribution < 1.29 is 14.3 Å². The number of hydrogen-bond acceptors (Lipinski definition) is 3. The maximum absolute atomic E-state index is 12.5. The second kappa shape index (κ2) is 5.06. The fourth-order valence-electron chi connectivity index (χ4n) is 6.68. The van der Waals surface area contributed by atoms with E-state index in [0.717, 1.165) is 49.7 Å². The SMILES string of the molecule is C=C1C[C@@H]2[C@@H](CC[C@]3(C)C(=O)CC[C@@H]23)[C@@]2(C)CCC(=O)C(OC)=C12. The second-order valence-electron chi connectivity index (χ2n) is 8.85. The lowest BCUT2D eigenvalue weighted by Gasteiger charge is -2.57. The van der Waals surface area contributed by atoms with Gasteiger partial charge in [-0.15, -0.1) is 0 Å². The van der Waals surface area contributed by atoms with E-state index in [9.17, 15) is 9.59 Å². The van der Waals surface area contributed by atoms with Crippen molar-refractivity contribution in [3.63, 3.8) is 0 Å².